The Hall–Kier alpha value is -1.58. The largest absolute Gasteiger partial charge is 0.309 e. The van der Waals surface area contributed by atoms with Crippen LogP contribution in [0.4, 0.5) is 24.5 Å². The van der Waals surface area contributed by atoms with Gasteiger partial charge in [-0.25, -0.2) is 13.2 Å². The van der Waals surface area contributed by atoms with Gasteiger partial charge in [-0.3, -0.25) is 9.79 Å². The van der Waals surface area contributed by atoms with E-state index in [9.17, 15) is 18.0 Å². The van der Waals surface area contributed by atoms with Gasteiger partial charge in [0, 0.05) is 28.5 Å². The van der Waals surface area contributed by atoms with E-state index in [1.54, 1.807) is 0 Å². The van der Waals surface area contributed by atoms with Gasteiger partial charge in [0.25, 0.3) is 6.43 Å². The number of carbonyl (C=O) groups is 1. The molecule has 0 N–H and O–H groups in total. The highest BCUT2D eigenvalue weighted by Gasteiger charge is 2.39. The molecule has 0 spiro atoms. The second-order valence-corrected chi connectivity index (χ2v) is 8.02. The van der Waals surface area contributed by atoms with E-state index in [0.29, 0.717) is 4.90 Å². The smallest absolute Gasteiger partial charge is 0.256 e. The van der Waals surface area contributed by atoms with Gasteiger partial charge in [-0.1, -0.05) is 11.6 Å². The molecule has 0 aromatic heterocycles. The van der Waals surface area contributed by atoms with Gasteiger partial charge in [0.2, 0.25) is 5.96 Å². The molecule has 0 saturated heterocycles. The Morgan fingerprint density at radius 2 is 2.10 bits per heavy atom. The summed E-state index contributed by atoms with van der Waals surface area (Å²) in [4.78, 5) is 18.5. The number of benzene rings is 2. The summed E-state index contributed by atoms with van der Waals surface area (Å²) in [6, 6.07) is 4.34. The standard InChI is InChI=1S/C19H13Br2ClF3N3O/c20-11-7-13-17(27-5-1-4-26-19(27)28(13)8-14(24)25)16(21)15(11)18(29)10-3-2-9(23)6-12(10)22/h2-3,6-7,14H,1,4-5,8H2/i1D2,4D2,5D2. The maximum Gasteiger partial charge on any atom is 0.256 e. The van der Waals surface area contributed by atoms with Gasteiger partial charge in [0.05, 0.1) is 35.7 Å². The highest BCUT2D eigenvalue weighted by molar-refractivity contribution is 9.11. The molecule has 0 atom stereocenters. The van der Waals surface area contributed by atoms with Crippen LogP contribution in [0.1, 0.15) is 30.5 Å². The molecular formula is C19H13Br2ClF3N3O. The van der Waals surface area contributed by atoms with Gasteiger partial charge in [-0.15, -0.1) is 0 Å². The molecule has 2 aromatic rings. The lowest BCUT2D eigenvalue weighted by Crippen LogP contribution is -2.43. The van der Waals surface area contributed by atoms with Crippen LogP contribution < -0.4 is 9.80 Å². The van der Waals surface area contributed by atoms with Crippen LogP contribution in [0.2, 0.25) is 5.02 Å². The van der Waals surface area contributed by atoms with Gasteiger partial charge in [0.15, 0.2) is 5.78 Å². The Morgan fingerprint density at radius 3 is 2.79 bits per heavy atom. The second-order valence-electron chi connectivity index (χ2n) is 5.97. The maximum absolute atomic E-state index is 13.5. The van der Waals surface area contributed by atoms with Gasteiger partial charge in [-0.2, -0.15) is 0 Å². The fraction of sp³-hybridized carbons (Fsp3) is 0.263. The van der Waals surface area contributed by atoms with Crippen molar-refractivity contribution in [3.8, 4) is 0 Å². The zero-order chi connectivity index (χ0) is 26.2. The van der Waals surface area contributed by atoms with Gasteiger partial charge < -0.3 is 9.80 Å². The molecule has 152 valence electrons. The van der Waals surface area contributed by atoms with Crippen LogP contribution >= 0.6 is 43.5 Å². The van der Waals surface area contributed by atoms with Gasteiger partial charge in [-0.05, 0) is 62.5 Å². The Bertz CT molecular complexity index is 1300. The fourth-order valence-electron chi connectivity index (χ4n) is 3.05. The summed E-state index contributed by atoms with van der Waals surface area (Å²) >= 11 is 12.5. The topological polar surface area (TPSA) is 35.9 Å². The van der Waals surface area contributed by atoms with Crippen molar-refractivity contribution in [3.63, 3.8) is 0 Å². The molecule has 2 aliphatic rings. The lowest BCUT2D eigenvalue weighted by Gasteiger charge is -2.26. The van der Waals surface area contributed by atoms with E-state index in [2.05, 4.69) is 36.9 Å². The third kappa shape index (κ3) is 3.57. The Kier molecular flexibility index (Phi) is 3.94. The third-order valence-electron chi connectivity index (χ3n) is 4.23. The molecular weight excluding hydrogens is 538 g/mol. The summed E-state index contributed by atoms with van der Waals surface area (Å²) < 4.78 is 89.6. The maximum atomic E-state index is 13.5. The van der Waals surface area contributed by atoms with E-state index in [1.165, 1.54) is 6.07 Å². The molecule has 2 aromatic carbocycles. The quantitative estimate of drug-likeness (QED) is 0.440. The number of fused-ring (bicyclic) bond motifs is 3. The number of anilines is 2. The fourth-order valence-corrected chi connectivity index (χ4v) is 4.94. The normalized spacial score (nSPS) is 23.8. The first-order chi connectivity index (χ1) is 16.0. The molecule has 0 unspecified atom stereocenters. The van der Waals surface area contributed by atoms with Crippen molar-refractivity contribution in [2.75, 3.05) is 29.3 Å². The average Bonchev–Trinajstić information content (AvgIpc) is 3.00. The number of aliphatic imine (C=N–C) groups is 1. The minimum atomic E-state index is -3.22. The van der Waals surface area contributed by atoms with E-state index < -0.39 is 49.9 Å². The van der Waals surface area contributed by atoms with Crippen LogP contribution in [-0.2, 0) is 0 Å². The first kappa shape index (κ1) is 14.4. The first-order valence-corrected chi connectivity index (χ1v) is 9.97. The summed E-state index contributed by atoms with van der Waals surface area (Å²) in [6.07, 6.45) is -6.17. The van der Waals surface area contributed by atoms with Crippen LogP contribution in [0.3, 0.4) is 0 Å². The molecule has 0 saturated carbocycles. The van der Waals surface area contributed by atoms with Crippen LogP contribution in [-0.4, -0.2) is 37.7 Å². The number of nitrogens with zero attached hydrogens (tertiary/aromatic N) is 3. The number of ketones is 1. The van der Waals surface area contributed by atoms with Gasteiger partial charge in [0.1, 0.15) is 5.82 Å². The lowest BCUT2D eigenvalue weighted by atomic mass is 10.0. The zero-order valence-corrected chi connectivity index (χ0v) is 18.0. The van der Waals surface area contributed by atoms with E-state index in [0.717, 1.165) is 23.1 Å². The zero-order valence-electron chi connectivity index (χ0n) is 20.1. The van der Waals surface area contributed by atoms with Crippen LogP contribution in [0.5, 0.6) is 0 Å². The lowest BCUT2D eigenvalue weighted by molar-refractivity contribution is 0.103. The molecule has 2 heterocycles. The number of rotatable bonds is 4. The molecule has 0 radical (unpaired) electrons. The number of alkyl halides is 2. The highest BCUT2D eigenvalue weighted by Crippen LogP contribution is 2.48. The van der Waals surface area contributed by atoms with E-state index >= 15 is 0 Å². The molecule has 2 aliphatic heterocycles. The second kappa shape index (κ2) is 7.92. The predicted octanol–water partition coefficient (Wildman–Crippen LogP) is 5.89. The minimum absolute atomic E-state index is 0.0677. The molecule has 0 bridgehead atoms. The monoisotopic (exact) mass is 555 g/mol. The molecule has 29 heavy (non-hydrogen) atoms. The van der Waals surface area contributed by atoms with Crippen molar-refractivity contribution in [1.82, 2.24) is 0 Å². The van der Waals surface area contributed by atoms with E-state index in [1.807, 2.05) is 0 Å². The number of hydrogen-bond donors (Lipinski definition) is 0. The minimum Gasteiger partial charge on any atom is -0.309 e. The molecule has 10 heteroatoms. The van der Waals surface area contributed by atoms with Crippen LogP contribution in [0.15, 0.2) is 38.2 Å². The Balaban J connectivity index is 2.01. The molecule has 0 amide bonds. The van der Waals surface area contributed by atoms with Crippen molar-refractivity contribution in [3.05, 3.63) is 55.2 Å². The molecule has 0 fully saturated rings. The Labute approximate surface area is 195 Å². The van der Waals surface area contributed by atoms with Crippen LogP contribution in [0.25, 0.3) is 0 Å². The third-order valence-corrected chi connectivity index (χ3v) is 5.94. The summed E-state index contributed by atoms with van der Waals surface area (Å²) in [6.45, 7) is -7.23. The average molecular weight is 558 g/mol. The van der Waals surface area contributed by atoms with Crippen molar-refractivity contribution in [2.24, 2.45) is 4.99 Å². The molecule has 4 nitrogen and oxygen atoms in total. The summed E-state index contributed by atoms with van der Waals surface area (Å²) in [5, 5.41) is -0.200. The van der Waals surface area contributed by atoms with Crippen molar-refractivity contribution >= 4 is 66.6 Å². The summed E-state index contributed by atoms with van der Waals surface area (Å²) in [5.41, 5.74) is -0.500. The van der Waals surface area contributed by atoms with Crippen LogP contribution in [0, 0.1) is 5.82 Å². The SMILES string of the molecule is [2H]C1([2H])N=C2N(CC(F)F)c3cc(Br)c(C(=O)c4ccc(F)cc4Cl)c(Br)c3N2C([2H])([2H])C1([2H])[2H]. The highest BCUT2D eigenvalue weighted by atomic mass is 79.9. The van der Waals surface area contributed by atoms with Gasteiger partial charge >= 0.3 is 0 Å². The van der Waals surface area contributed by atoms with Crippen molar-refractivity contribution in [1.29, 1.82) is 0 Å². The predicted molar refractivity (Wildman–Crippen MR) is 114 cm³/mol. The first-order valence-electron chi connectivity index (χ1n) is 11.0. The summed E-state index contributed by atoms with van der Waals surface area (Å²) in [5.74, 6) is -1.99. The number of carbonyl (C=O) groups excluding carboxylic acids is 1. The number of guanidine groups is 1. The number of hydrogen-bond acceptors (Lipinski definition) is 4. The van der Waals surface area contributed by atoms with E-state index in [4.69, 9.17) is 19.8 Å². The molecule has 4 rings (SSSR count). The summed E-state index contributed by atoms with van der Waals surface area (Å²) in [7, 11) is 0. The Morgan fingerprint density at radius 1 is 1.34 bits per heavy atom. The molecule has 0 aliphatic carbocycles. The van der Waals surface area contributed by atoms with E-state index in [-0.39, 0.29) is 36.5 Å². The van der Waals surface area contributed by atoms with Crippen molar-refractivity contribution in [2.45, 2.75) is 12.8 Å². The van der Waals surface area contributed by atoms with Crippen molar-refractivity contribution < 1.29 is 26.2 Å². The number of halogens is 6.